The summed E-state index contributed by atoms with van der Waals surface area (Å²) in [7, 11) is -7.55. The third kappa shape index (κ3) is 5.69. The second-order valence-corrected chi connectivity index (χ2v) is 15.9. The van der Waals surface area contributed by atoms with Gasteiger partial charge < -0.3 is 25.5 Å². The third-order valence-corrected chi connectivity index (χ3v) is 10.5. The number of aromatic amines is 1. The van der Waals surface area contributed by atoms with E-state index in [1.54, 1.807) is 16.8 Å². The van der Waals surface area contributed by atoms with E-state index in [-0.39, 0.29) is 43.2 Å². The second kappa shape index (κ2) is 11.0. The summed E-state index contributed by atoms with van der Waals surface area (Å²) in [5.41, 5.74) is 11.6. The maximum Gasteiger partial charge on any atom is 0.476 e. The van der Waals surface area contributed by atoms with Gasteiger partial charge in [-0.2, -0.15) is 37.5 Å². The second-order valence-electron chi connectivity index (χ2n) is 9.99. The third-order valence-electron chi connectivity index (χ3n) is 7.15. The van der Waals surface area contributed by atoms with E-state index in [0.717, 1.165) is 0 Å². The van der Waals surface area contributed by atoms with Crippen LogP contribution in [0, 0.1) is 0 Å². The molecule has 0 aliphatic carbocycles. The minimum Gasteiger partial charge on any atom is -0.383 e. The van der Waals surface area contributed by atoms with Crippen LogP contribution in [0.25, 0.3) is 22.2 Å². The summed E-state index contributed by atoms with van der Waals surface area (Å²) in [6.07, 6.45) is -1.38. The Bertz CT molecular complexity index is 1740. The highest BCUT2D eigenvalue weighted by Crippen LogP contribution is 2.67. The average molecular weight is 677 g/mol. The van der Waals surface area contributed by atoms with Crippen molar-refractivity contribution < 1.29 is 37.4 Å². The van der Waals surface area contributed by atoms with Crippen LogP contribution in [0.2, 0.25) is 0 Å². The van der Waals surface area contributed by atoms with Gasteiger partial charge in [-0.05, 0) is 6.07 Å². The van der Waals surface area contributed by atoms with Crippen LogP contribution in [-0.2, 0) is 27.6 Å². The topological polar surface area (TPSA) is 255 Å². The normalized spacial score (nSPS) is 35.4. The number of hydrogen-bond donors (Lipinski definition) is 7. The minimum absolute atomic E-state index is 0.0313. The number of nitrogen functional groups attached to an aromatic ring is 2. The summed E-state index contributed by atoms with van der Waals surface area (Å²) in [6.45, 7) is -0.405. The lowest BCUT2D eigenvalue weighted by atomic mass is 10.2. The molecule has 3 saturated heterocycles. The first-order chi connectivity index (χ1) is 20.5. The van der Waals surface area contributed by atoms with Crippen molar-refractivity contribution in [3.8, 4) is 0 Å². The number of hydrogen-bond acceptors (Lipinski definition) is 18. The van der Waals surface area contributed by atoms with Gasteiger partial charge in [0.1, 0.15) is 49.4 Å². The predicted molar refractivity (Wildman–Crippen MR) is 157 cm³/mol. The number of ether oxygens (including phenoxy) is 2. The number of anilines is 2. The van der Waals surface area contributed by atoms with Crippen LogP contribution in [0.5, 0.6) is 0 Å². The zero-order valence-electron chi connectivity index (χ0n) is 21.9. The molecule has 0 saturated carbocycles. The first kappa shape index (κ1) is 29.5. The Balaban J connectivity index is 1.16. The molecule has 43 heavy (non-hydrogen) atoms. The zero-order valence-corrected chi connectivity index (χ0v) is 25.4. The van der Waals surface area contributed by atoms with Crippen LogP contribution < -0.4 is 17.0 Å². The van der Waals surface area contributed by atoms with Gasteiger partial charge in [0, 0.05) is 19.0 Å². The molecule has 7 rings (SSSR count). The average Bonchev–Trinajstić information content (AvgIpc) is 3.71. The molecule has 19 nitrogen and oxygen atoms in total. The van der Waals surface area contributed by atoms with Gasteiger partial charge in [0.15, 0.2) is 23.5 Å². The van der Waals surface area contributed by atoms with Gasteiger partial charge >= 0.3 is 14.3 Å². The molecule has 230 valence electrons. The lowest BCUT2D eigenvalue weighted by molar-refractivity contribution is -0.0641. The van der Waals surface area contributed by atoms with Crippen molar-refractivity contribution in [3.63, 3.8) is 0 Å². The Kier molecular flexibility index (Phi) is 7.51. The SMILES string of the molecule is Nc1nc2c(nnn2[C@@H]2O[C@@H]3CO[P+](O)(S)O[C@H]4C[C@H](n5ccc6c(N)ncnc65)O[C@@H]4CO[P+](O)(S)O[C@@H]2C3)c(=O)[nH]1. The van der Waals surface area contributed by atoms with Crippen molar-refractivity contribution in [2.45, 2.75) is 49.7 Å². The van der Waals surface area contributed by atoms with Gasteiger partial charge in [-0.25, -0.2) is 9.97 Å². The molecule has 7 heterocycles. The number of nitrogens with one attached hydrogen (secondary N) is 1. The summed E-state index contributed by atoms with van der Waals surface area (Å²) in [4.78, 5) is 49.2. The van der Waals surface area contributed by atoms with Crippen molar-refractivity contribution in [1.29, 1.82) is 0 Å². The molecule has 2 bridgehead atoms. The number of H-pyrrole nitrogens is 1. The Morgan fingerprint density at radius 2 is 1.77 bits per heavy atom. The van der Waals surface area contributed by atoms with Gasteiger partial charge in [0.25, 0.3) is 5.56 Å². The molecule has 3 aliphatic heterocycles. The molecule has 7 N–H and O–H groups in total. The van der Waals surface area contributed by atoms with E-state index in [9.17, 15) is 14.6 Å². The highest BCUT2D eigenvalue weighted by molar-refractivity contribution is 8.47. The van der Waals surface area contributed by atoms with Crippen LogP contribution in [0.1, 0.15) is 25.3 Å². The van der Waals surface area contributed by atoms with E-state index in [2.05, 4.69) is 54.7 Å². The molecule has 2 unspecified atom stereocenters. The summed E-state index contributed by atoms with van der Waals surface area (Å²) in [5.74, 6) is 0.158. The molecule has 4 aromatic rings. The fourth-order valence-corrected chi connectivity index (χ4v) is 8.35. The van der Waals surface area contributed by atoms with Gasteiger partial charge in [0.2, 0.25) is 5.95 Å². The molecule has 3 fully saturated rings. The van der Waals surface area contributed by atoms with Crippen LogP contribution in [0.3, 0.4) is 0 Å². The van der Waals surface area contributed by atoms with Gasteiger partial charge in [-0.15, -0.1) is 5.10 Å². The van der Waals surface area contributed by atoms with E-state index < -0.39 is 56.7 Å². The highest BCUT2D eigenvalue weighted by atomic mass is 32.7. The number of nitrogens with zero attached hydrogens (tertiary/aromatic N) is 7. The van der Waals surface area contributed by atoms with Crippen molar-refractivity contribution in [3.05, 3.63) is 28.9 Å². The molecular formula is C20H26N10O9P2S2+2. The maximum atomic E-state index is 12.3. The van der Waals surface area contributed by atoms with Crippen molar-refractivity contribution in [2.75, 3.05) is 24.7 Å². The van der Waals surface area contributed by atoms with E-state index in [1.807, 2.05) is 0 Å². The molecular weight excluding hydrogens is 650 g/mol. The van der Waals surface area contributed by atoms with Crippen LogP contribution in [-0.4, -0.2) is 86.9 Å². The quantitative estimate of drug-likeness (QED) is 0.114. The summed E-state index contributed by atoms with van der Waals surface area (Å²) < 4.78 is 38.7. The lowest BCUT2D eigenvalue weighted by Gasteiger charge is -2.23. The number of thiol groups is 2. The molecule has 0 aromatic carbocycles. The molecule has 3 aliphatic rings. The Morgan fingerprint density at radius 1 is 1.00 bits per heavy atom. The molecule has 0 radical (unpaired) electrons. The zero-order chi connectivity index (χ0) is 30.1. The summed E-state index contributed by atoms with van der Waals surface area (Å²) in [6, 6.07) is 1.77. The predicted octanol–water partition coefficient (Wildman–Crippen LogP) is 0.715. The monoisotopic (exact) mass is 676 g/mol. The number of aromatic nitrogens is 8. The van der Waals surface area contributed by atoms with Gasteiger partial charge in [-0.3, -0.25) is 9.78 Å². The van der Waals surface area contributed by atoms with E-state index in [4.69, 9.17) is 39.0 Å². The standard InChI is InChI=1S/C20H25N10O9P2S2/c21-15-9-1-2-29(16(9)24-7-23-15)13-4-10-12(37-13)6-35-41(33,43)39-11-3-8(5-34-40(32,42)38-10)36-19(11)30-17-14(27-28-30)18(31)26-20(22)25-17/h1-2,7-8,10-13,19,32-33,42-43H,3-6H2,(H4-,21,22,23,24,25,26,28,31)/q+1/p+1/t8-,10-,11+,12+,13+,19+,40?,41?/m0/s1. The van der Waals surface area contributed by atoms with E-state index >= 15 is 0 Å². The molecule has 0 amide bonds. The van der Waals surface area contributed by atoms with Crippen molar-refractivity contribution in [2.24, 2.45) is 0 Å². The van der Waals surface area contributed by atoms with Gasteiger partial charge in [0.05, 0.1) is 36.0 Å². The van der Waals surface area contributed by atoms with Crippen molar-refractivity contribution in [1.82, 2.24) is 39.5 Å². The van der Waals surface area contributed by atoms with Crippen LogP contribution in [0.4, 0.5) is 11.8 Å². The molecule has 23 heteroatoms. The Morgan fingerprint density at radius 3 is 2.58 bits per heavy atom. The molecule has 8 atom stereocenters. The number of fused-ring (bicyclic) bond motifs is 5. The maximum absolute atomic E-state index is 12.3. The lowest BCUT2D eigenvalue weighted by Crippen LogP contribution is -2.30. The van der Waals surface area contributed by atoms with Crippen LogP contribution >= 0.6 is 38.8 Å². The molecule has 0 spiro atoms. The number of rotatable bonds is 2. The van der Waals surface area contributed by atoms with E-state index in [1.165, 1.54) is 11.0 Å². The number of nitrogens with two attached hydrogens (primary N) is 2. The molecule has 4 aromatic heterocycles. The van der Waals surface area contributed by atoms with Gasteiger partial charge in [-0.1, -0.05) is 5.21 Å². The largest absolute Gasteiger partial charge is 0.476 e. The minimum atomic E-state index is -3.83. The summed E-state index contributed by atoms with van der Waals surface area (Å²) >= 11 is 8.59. The van der Waals surface area contributed by atoms with Crippen molar-refractivity contribution >= 4 is 72.8 Å². The fraction of sp³-hybridized carbons (Fsp3) is 0.500. The highest BCUT2D eigenvalue weighted by Gasteiger charge is 2.54. The fourth-order valence-electron chi connectivity index (χ4n) is 5.28. The first-order valence-corrected chi connectivity index (χ1v) is 18.3. The first-order valence-electron chi connectivity index (χ1n) is 12.8. The smallest absolute Gasteiger partial charge is 0.383 e. The van der Waals surface area contributed by atoms with Crippen LogP contribution in [0.15, 0.2) is 23.4 Å². The summed E-state index contributed by atoms with van der Waals surface area (Å²) in [5, 5.41) is 8.52. The Hall–Kier alpha value is -2.26. The van der Waals surface area contributed by atoms with E-state index in [0.29, 0.717) is 16.9 Å². The Labute approximate surface area is 252 Å².